The highest BCUT2D eigenvalue weighted by Crippen LogP contribution is 2.19. The number of aliphatic carboxylic acids is 1. The molecule has 0 heterocycles. The van der Waals surface area contributed by atoms with E-state index in [2.05, 4.69) is 18.7 Å². The molecule has 0 radical (unpaired) electrons. The average Bonchev–Trinajstić information content (AvgIpc) is 2.37. The molecule has 4 nitrogen and oxygen atoms in total. The summed E-state index contributed by atoms with van der Waals surface area (Å²) in [7, 11) is 3.56. The molecule has 0 fully saturated rings. The minimum absolute atomic E-state index is 0.581. The van der Waals surface area contributed by atoms with Gasteiger partial charge in [-0.2, -0.15) is 0 Å². The van der Waals surface area contributed by atoms with Gasteiger partial charge in [0, 0.05) is 6.54 Å². The van der Waals surface area contributed by atoms with E-state index in [-0.39, 0.29) is 0 Å². The lowest BCUT2D eigenvalue weighted by Crippen LogP contribution is -2.27. The first-order chi connectivity index (χ1) is 8.99. The van der Waals surface area contributed by atoms with Crippen molar-refractivity contribution < 1.29 is 9.90 Å². The van der Waals surface area contributed by atoms with Crippen molar-refractivity contribution in [3.8, 4) is 0 Å². The molecule has 19 heavy (non-hydrogen) atoms. The molecule has 1 aromatic carbocycles. The van der Waals surface area contributed by atoms with Crippen LogP contribution in [0.1, 0.15) is 31.0 Å². The zero-order valence-corrected chi connectivity index (χ0v) is 12.3. The number of rotatable bonds is 7. The Kier molecular flexibility index (Phi) is 5.99. The molecule has 4 heteroatoms. The Hall–Kier alpha value is -1.39. The van der Waals surface area contributed by atoms with Gasteiger partial charge in [-0.3, -0.25) is 14.6 Å². The zero-order chi connectivity index (χ0) is 14.4. The van der Waals surface area contributed by atoms with E-state index in [1.54, 1.807) is 19.0 Å². The third-order valence-corrected chi connectivity index (χ3v) is 3.35. The van der Waals surface area contributed by atoms with Gasteiger partial charge in [0.05, 0.1) is 0 Å². The SMILES string of the molecule is CCN(CC)Cc1ccc(C(C(=O)O)N(C)C)cc1. The van der Waals surface area contributed by atoms with Gasteiger partial charge in [-0.1, -0.05) is 38.1 Å². The van der Waals surface area contributed by atoms with Crippen molar-refractivity contribution in [1.29, 1.82) is 0 Å². The first kappa shape index (κ1) is 15.7. The van der Waals surface area contributed by atoms with Crippen molar-refractivity contribution in [1.82, 2.24) is 9.80 Å². The highest BCUT2D eigenvalue weighted by molar-refractivity contribution is 5.75. The van der Waals surface area contributed by atoms with Crippen molar-refractivity contribution in [2.45, 2.75) is 26.4 Å². The number of hydrogen-bond donors (Lipinski definition) is 1. The van der Waals surface area contributed by atoms with Gasteiger partial charge in [-0.15, -0.1) is 0 Å². The minimum Gasteiger partial charge on any atom is -0.480 e. The molecule has 1 unspecified atom stereocenters. The van der Waals surface area contributed by atoms with Crippen LogP contribution in [-0.2, 0) is 11.3 Å². The fraction of sp³-hybridized carbons (Fsp3) is 0.533. The second-order valence-electron chi connectivity index (χ2n) is 4.91. The molecule has 0 saturated carbocycles. The van der Waals surface area contributed by atoms with Gasteiger partial charge < -0.3 is 5.11 Å². The number of carboxylic acids is 1. The second kappa shape index (κ2) is 7.26. The molecule has 0 aromatic heterocycles. The summed E-state index contributed by atoms with van der Waals surface area (Å²) in [5, 5.41) is 9.24. The van der Waals surface area contributed by atoms with Crippen LogP contribution in [0.4, 0.5) is 0 Å². The first-order valence-electron chi connectivity index (χ1n) is 6.70. The topological polar surface area (TPSA) is 43.8 Å². The fourth-order valence-electron chi connectivity index (χ4n) is 2.17. The van der Waals surface area contributed by atoms with E-state index >= 15 is 0 Å². The standard InChI is InChI=1S/C15H24N2O2/c1-5-17(6-2)11-12-7-9-13(10-8-12)14(15(18)19)16(3)4/h7-10,14H,5-6,11H2,1-4H3,(H,18,19). The maximum Gasteiger partial charge on any atom is 0.325 e. The summed E-state index contributed by atoms with van der Waals surface area (Å²) < 4.78 is 0. The zero-order valence-electron chi connectivity index (χ0n) is 12.3. The molecule has 1 atom stereocenters. The normalized spacial score (nSPS) is 12.9. The predicted octanol–water partition coefficient (Wildman–Crippen LogP) is 2.22. The molecule has 1 rings (SSSR count). The molecule has 0 aliphatic carbocycles. The molecular weight excluding hydrogens is 240 g/mol. The van der Waals surface area contributed by atoms with E-state index in [1.165, 1.54) is 5.56 Å². The number of benzene rings is 1. The van der Waals surface area contributed by atoms with Gasteiger partial charge in [0.25, 0.3) is 0 Å². The van der Waals surface area contributed by atoms with Crippen molar-refractivity contribution >= 4 is 5.97 Å². The van der Waals surface area contributed by atoms with Crippen molar-refractivity contribution in [3.05, 3.63) is 35.4 Å². The van der Waals surface area contributed by atoms with Gasteiger partial charge >= 0.3 is 5.97 Å². The molecule has 0 bridgehead atoms. The van der Waals surface area contributed by atoms with Crippen LogP contribution in [0.25, 0.3) is 0 Å². The monoisotopic (exact) mass is 264 g/mol. The molecule has 0 saturated heterocycles. The molecule has 0 spiro atoms. The van der Waals surface area contributed by atoms with Crippen molar-refractivity contribution in [2.24, 2.45) is 0 Å². The van der Waals surface area contributed by atoms with Crippen LogP contribution in [0, 0.1) is 0 Å². The van der Waals surface area contributed by atoms with E-state index in [0.29, 0.717) is 0 Å². The van der Waals surface area contributed by atoms with Crippen molar-refractivity contribution in [2.75, 3.05) is 27.2 Å². The second-order valence-corrected chi connectivity index (χ2v) is 4.91. The Balaban J connectivity index is 2.83. The van der Waals surface area contributed by atoms with Crippen LogP contribution in [0.3, 0.4) is 0 Å². The third kappa shape index (κ3) is 4.33. The highest BCUT2D eigenvalue weighted by Gasteiger charge is 2.21. The van der Waals surface area contributed by atoms with Gasteiger partial charge in [0.15, 0.2) is 0 Å². The summed E-state index contributed by atoms with van der Waals surface area (Å²) in [5.74, 6) is -0.818. The quantitative estimate of drug-likeness (QED) is 0.820. The molecule has 0 aliphatic heterocycles. The van der Waals surface area contributed by atoms with Crippen LogP contribution in [0.15, 0.2) is 24.3 Å². The van der Waals surface area contributed by atoms with Gasteiger partial charge in [0.2, 0.25) is 0 Å². The molecule has 106 valence electrons. The molecule has 1 N–H and O–H groups in total. The summed E-state index contributed by atoms with van der Waals surface area (Å²) in [5.41, 5.74) is 2.04. The maximum absolute atomic E-state index is 11.2. The Labute approximate surface area is 115 Å². The first-order valence-corrected chi connectivity index (χ1v) is 6.70. The summed E-state index contributed by atoms with van der Waals surface area (Å²) in [4.78, 5) is 15.3. The van der Waals surface area contributed by atoms with Crippen LogP contribution >= 0.6 is 0 Å². The lowest BCUT2D eigenvalue weighted by atomic mass is 10.0. The maximum atomic E-state index is 11.2. The smallest absolute Gasteiger partial charge is 0.325 e. The number of likely N-dealkylation sites (N-methyl/N-ethyl adjacent to an activating group) is 1. The molecule has 1 aromatic rings. The van der Waals surface area contributed by atoms with Gasteiger partial charge in [-0.05, 0) is 38.3 Å². The number of carboxylic acid groups (broad SMARTS) is 1. The average molecular weight is 264 g/mol. The number of nitrogens with zero attached hydrogens (tertiary/aromatic N) is 2. The molecular formula is C15H24N2O2. The molecule has 0 amide bonds. The van der Waals surface area contributed by atoms with E-state index < -0.39 is 12.0 Å². The fourth-order valence-corrected chi connectivity index (χ4v) is 2.17. The van der Waals surface area contributed by atoms with E-state index in [4.69, 9.17) is 0 Å². The third-order valence-electron chi connectivity index (χ3n) is 3.35. The predicted molar refractivity (Wildman–Crippen MR) is 77.1 cm³/mol. The minimum atomic E-state index is -0.818. The van der Waals surface area contributed by atoms with E-state index in [1.807, 2.05) is 24.3 Å². The van der Waals surface area contributed by atoms with Crippen LogP contribution in [0.2, 0.25) is 0 Å². The molecule has 0 aliphatic rings. The Morgan fingerprint density at radius 2 is 1.68 bits per heavy atom. The van der Waals surface area contributed by atoms with Crippen LogP contribution < -0.4 is 0 Å². The lowest BCUT2D eigenvalue weighted by Gasteiger charge is -2.21. The van der Waals surface area contributed by atoms with Gasteiger partial charge in [0.1, 0.15) is 6.04 Å². The Morgan fingerprint density at radius 3 is 2.05 bits per heavy atom. The number of carbonyl (C=O) groups is 1. The van der Waals surface area contributed by atoms with Gasteiger partial charge in [-0.25, -0.2) is 0 Å². The van der Waals surface area contributed by atoms with E-state index in [9.17, 15) is 9.90 Å². The number of hydrogen-bond acceptors (Lipinski definition) is 3. The summed E-state index contributed by atoms with van der Waals surface area (Å²) in [6.45, 7) is 7.24. The summed E-state index contributed by atoms with van der Waals surface area (Å²) in [6, 6.07) is 7.29. The Morgan fingerprint density at radius 1 is 1.16 bits per heavy atom. The lowest BCUT2D eigenvalue weighted by molar-refractivity contribution is -0.142. The van der Waals surface area contributed by atoms with Crippen LogP contribution in [-0.4, -0.2) is 48.1 Å². The summed E-state index contributed by atoms with van der Waals surface area (Å²) >= 11 is 0. The van der Waals surface area contributed by atoms with Crippen molar-refractivity contribution in [3.63, 3.8) is 0 Å². The van der Waals surface area contributed by atoms with E-state index in [0.717, 1.165) is 25.2 Å². The highest BCUT2D eigenvalue weighted by atomic mass is 16.4. The largest absolute Gasteiger partial charge is 0.480 e. The Bertz CT molecular complexity index is 397. The van der Waals surface area contributed by atoms with Crippen LogP contribution in [0.5, 0.6) is 0 Å². The summed E-state index contributed by atoms with van der Waals surface area (Å²) in [6.07, 6.45) is 0.